The third kappa shape index (κ3) is 4.03. The van der Waals surface area contributed by atoms with Gasteiger partial charge >= 0.3 is 0 Å². The number of hydrogen-bond acceptors (Lipinski definition) is 5. The Hall–Kier alpha value is -2.86. The molecule has 26 heavy (non-hydrogen) atoms. The van der Waals surface area contributed by atoms with Crippen molar-refractivity contribution in [1.82, 2.24) is 5.32 Å². The van der Waals surface area contributed by atoms with Gasteiger partial charge in [-0.3, -0.25) is 4.79 Å². The van der Waals surface area contributed by atoms with Crippen molar-refractivity contribution in [2.24, 2.45) is 0 Å². The van der Waals surface area contributed by atoms with Crippen LogP contribution >= 0.6 is 11.6 Å². The number of carbonyl (C=O) groups is 1. The fraction of sp³-hybridized carbons (Fsp3) is 0.211. The van der Waals surface area contributed by atoms with Crippen LogP contribution in [-0.4, -0.2) is 26.9 Å². The van der Waals surface area contributed by atoms with Gasteiger partial charge in [0.2, 0.25) is 12.7 Å². The van der Waals surface area contributed by atoms with E-state index >= 15 is 0 Å². The van der Waals surface area contributed by atoms with E-state index in [4.69, 9.17) is 30.5 Å². The number of methoxy groups -OCH3 is 2. The van der Waals surface area contributed by atoms with Crippen LogP contribution < -0.4 is 24.3 Å². The number of nitrogens with one attached hydrogen (secondary N) is 1. The van der Waals surface area contributed by atoms with Crippen LogP contribution in [0, 0.1) is 0 Å². The quantitative estimate of drug-likeness (QED) is 0.784. The number of carbonyl (C=O) groups excluding carboxylic acids is 1. The molecule has 1 heterocycles. The van der Waals surface area contributed by atoms with Crippen LogP contribution in [0.2, 0.25) is 5.02 Å². The number of rotatable bonds is 6. The number of benzene rings is 2. The van der Waals surface area contributed by atoms with E-state index < -0.39 is 0 Å². The zero-order chi connectivity index (χ0) is 18.5. The molecule has 7 heteroatoms. The van der Waals surface area contributed by atoms with Crippen molar-refractivity contribution in [3.05, 3.63) is 52.6 Å². The van der Waals surface area contributed by atoms with Gasteiger partial charge in [0, 0.05) is 12.6 Å². The topological polar surface area (TPSA) is 66.0 Å². The van der Waals surface area contributed by atoms with Crippen molar-refractivity contribution in [2.45, 2.75) is 6.54 Å². The van der Waals surface area contributed by atoms with Crippen LogP contribution in [0.15, 0.2) is 36.4 Å². The summed E-state index contributed by atoms with van der Waals surface area (Å²) < 4.78 is 21.0. The van der Waals surface area contributed by atoms with Gasteiger partial charge in [0.15, 0.2) is 23.0 Å². The summed E-state index contributed by atoms with van der Waals surface area (Å²) >= 11 is 6.15. The van der Waals surface area contributed by atoms with Crippen LogP contribution in [-0.2, 0) is 11.3 Å². The SMILES string of the molecule is COc1cc(/C=C/C(=O)NCc2ccc3c(c2)OCO3)cc(Cl)c1OC. The Morgan fingerprint density at radius 3 is 2.77 bits per heavy atom. The minimum Gasteiger partial charge on any atom is -0.493 e. The zero-order valence-corrected chi connectivity index (χ0v) is 15.1. The molecule has 0 radical (unpaired) electrons. The van der Waals surface area contributed by atoms with Crippen molar-refractivity contribution in [1.29, 1.82) is 0 Å². The van der Waals surface area contributed by atoms with E-state index in [0.717, 1.165) is 11.1 Å². The molecule has 6 nitrogen and oxygen atoms in total. The Morgan fingerprint density at radius 2 is 2.00 bits per heavy atom. The second-order valence-electron chi connectivity index (χ2n) is 5.48. The normalized spacial score (nSPS) is 12.3. The first kappa shape index (κ1) is 17.9. The third-order valence-corrected chi connectivity index (χ3v) is 4.07. The first-order chi connectivity index (χ1) is 12.6. The molecule has 136 valence electrons. The lowest BCUT2D eigenvalue weighted by molar-refractivity contribution is -0.116. The van der Waals surface area contributed by atoms with Gasteiger partial charge in [-0.05, 0) is 41.5 Å². The Labute approximate surface area is 156 Å². The van der Waals surface area contributed by atoms with E-state index in [9.17, 15) is 4.79 Å². The molecule has 0 aromatic heterocycles. The predicted molar refractivity (Wildman–Crippen MR) is 98.0 cm³/mol. The van der Waals surface area contributed by atoms with Gasteiger partial charge in [-0.25, -0.2) is 0 Å². The van der Waals surface area contributed by atoms with Crippen LogP contribution in [0.1, 0.15) is 11.1 Å². The maximum atomic E-state index is 12.0. The maximum Gasteiger partial charge on any atom is 0.244 e. The van der Waals surface area contributed by atoms with Crippen molar-refractivity contribution < 1.29 is 23.7 Å². The van der Waals surface area contributed by atoms with Gasteiger partial charge in [0.05, 0.1) is 19.2 Å². The number of ether oxygens (including phenoxy) is 4. The molecule has 0 unspecified atom stereocenters. The molecule has 0 fully saturated rings. The van der Waals surface area contributed by atoms with Crippen LogP contribution in [0.3, 0.4) is 0 Å². The molecule has 1 aliphatic rings. The fourth-order valence-electron chi connectivity index (χ4n) is 2.51. The Morgan fingerprint density at radius 1 is 1.19 bits per heavy atom. The molecule has 3 rings (SSSR count). The maximum absolute atomic E-state index is 12.0. The van der Waals surface area contributed by atoms with Gasteiger partial charge < -0.3 is 24.3 Å². The summed E-state index contributed by atoms with van der Waals surface area (Å²) in [6, 6.07) is 8.99. The van der Waals surface area contributed by atoms with Gasteiger partial charge in [-0.2, -0.15) is 0 Å². The summed E-state index contributed by atoms with van der Waals surface area (Å²) in [5, 5.41) is 3.22. The summed E-state index contributed by atoms with van der Waals surface area (Å²) in [6.07, 6.45) is 3.09. The monoisotopic (exact) mass is 375 g/mol. The zero-order valence-electron chi connectivity index (χ0n) is 14.4. The minimum absolute atomic E-state index is 0.224. The Bertz CT molecular complexity index is 850. The number of fused-ring (bicyclic) bond motifs is 1. The van der Waals surface area contributed by atoms with E-state index in [1.54, 1.807) is 18.2 Å². The van der Waals surface area contributed by atoms with Crippen molar-refractivity contribution >= 4 is 23.6 Å². The van der Waals surface area contributed by atoms with E-state index in [1.165, 1.54) is 20.3 Å². The molecular weight excluding hydrogens is 358 g/mol. The molecule has 1 N–H and O–H groups in total. The predicted octanol–water partition coefficient (Wildman–Crippen LogP) is 3.42. The standard InChI is InChI=1S/C19H18ClNO5/c1-23-17-8-12(7-14(20)19(17)24-2)4-6-18(22)21-10-13-3-5-15-16(9-13)26-11-25-15/h3-9H,10-11H2,1-2H3,(H,21,22)/b6-4+. The molecule has 0 bridgehead atoms. The first-order valence-corrected chi connectivity index (χ1v) is 8.24. The lowest BCUT2D eigenvalue weighted by Gasteiger charge is -2.10. The summed E-state index contributed by atoms with van der Waals surface area (Å²) in [5.74, 6) is 2.13. The summed E-state index contributed by atoms with van der Waals surface area (Å²) in [4.78, 5) is 12.0. The molecule has 1 aliphatic heterocycles. The van der Waals surface area contributed by atoms with Crippen molar-refractivity contribution in [3.63, 3.8) is 0 Å². The highest BCUT2D eigenvalue weighted by molar-refractivity contribution is 6.32. The average Bonchev–Trinajstić information content (AvgIpc) is 3.11. The van der Waals surface area contributed by atoms with Crippen LogP contribution in [0.4, 0.5) is 0 Å². The highest BCUT2D eigenvalue weighted by atomic mass is 35.5. The minimum atomic E-state index is -0.228. The summed E-state index contributed by atoms with van der Waals surface area (Å²) in [6.45, 7) is 0.605. The number of hydrogen-bond donors (Lipinski definition) is 1. The summed E-state index contributed by atoms with van der Waals surface area (Å²) in [7, 11) is 3.04. The van der Waals surface area contributed by atoms with Crippen LogP contribution in [0.25, 0.3) is 6.08 Å². The molecule has 0 aliphatic carbocycles. The van der Waals surface area contributed by atoms with Crippen molar-refractivity contribution in [2.75, 3.05) is 21.0 Å². The highest BCUT2D eigenvalue weighted by Crippen LogP contribution is 2.36. The molecule has 0 spiro atoms. The van der Waals surface area contributed by atoms with Crippen LogP contribution in [0.5, 0.6) is 23.0 Å². The second-order valence-corrected chi connectivity index (χ2v) is 5.88. The fourth-order valence-corrected chi connectivity index (χ4v) is 2.80. The van der Waals surface area contributed by atoms with E-state index in [2.05, 4.69) is 5.32 Å². The van der Waals surface area contributed by atoms with E-state index in [0.29, 0.717) is 34.6 Å². The average molecular weight is 376 g/mol. The van der Waals surface area contributed by atoms with Crippen molar-refractivity contribution in [3.8, 4) is 23.0 Å². The lowest BCUT2D eigenvalue weighted by atomic mass is 10.1. The second kappa shape index (κ2) is 8.01. The van der Waals surface area contributed by atoms with Gasteiger partial charge in [-0.1, -0.05) is 17.7 Å². The lowest BCUT2D eigenvalue weighted by Crippen LogP contribution is -2.20. The molecule has 2 aromatic rings. The van der Waals surface area contributed by atoms with Gasteiger partial charge in [0.25, 0.3) is 0 Å². The Kier molecular flexibility index (Phi) is 5.53. The van der Waals surface area contributed by atoms with E-state index in [-0.39, 0.29) is 12.7 Å². The third-order valence-electron chi connectivity index (χ3n) is 3.79. The largest absolute Gasteiger partial charge is 0.493 e. The highest BCUT2D eigenvalue weighted by Gasteiger charge is 2.13. The van der Waals surface area contributed by atoms with Gasteiger partial charge in [0.1, 0.15) is 0 Å². The molecule has 0 saturated carbocycles. The molecule has 0 atom stereocenters. The Balaban J connectivity index is 1.62. The summed E-state index contributed by atoms with van der Waals surface area (Å²) in [5.41, 5.74) is 1.65. The van der Waals surface area contributed by atoms with Gasteiger partial charge in [-0.15, -0.1) is 0 Å². The molecule has 0 saturated heterocycles. The number of amides is 1. The molecule has 2 aromatic carbocycles. The van der Waals surface area contributed by atoms with E-state index in [1.807, 2.05) is 18.2 Å². The number of halogens is 1. The molecular formula is C19H18ClNO5. The molecule has 1 amide bonds. The smallest absolute Gasteiger partial charge is 0.244 e. The first-order valence-electron chi connectivity index (χ1n) is 7.86.